The Bertz CT molecular complexity index is 1190. The number of amides is 1. The number of aromatic nitrogens is 2. The molecule has 2 aromatic carbocycles. The normalized spacial score (nSPS) is 16.9. The molecule has 1 aliphatic rings. The predicted octanol–water partition coefficient (Wildman–Crippen LogP) is 4.58. The van der Waals surface area contributed by atoms with Crippen LogP contribution in [0.15, 0.2) is 53.4 Å². The van der Waals surface area contributed by atoms with Crippen LogP contribution >= 0.6 is 11.3 Å². The Morgan fingerprint density at radius 1 is 1.12 bits per heavy atom. The van der Waals surface area contributed by atoms with Gasteiger partial charge >= 0.3 is 0 Å². The van der Waals surface area contributed by atoms with E-state index in [4.69, 9.17) is 0 Å². The zero-order chi connectivity index (χ0) is 22.7. The fourth-order valence-corrected chi connectivity index (χ4v) is 6.42. The highest BCUT2D eigenvalue weighted by Gasteiger charge is 2.38. The Morgan fingerprint density at radius 2 is 1.84 bits per heavy atom. The number of carbonyl (C=O) groups is 1. The quantitative estimate of drug-likeness (QED) is 0.546. The monoisotopic (exact) mass is 470 g/mol. The smallest absolute Gasteiger partial charge is 0.286 e. The number of hydrogen-bond acceptors (Lipinski definition) is 6. The number of rotatable bonds is 7. The summed E-state index contributed by atoms with van der Waals surface area (Å²) in [4.78, 5) is 12.9. The maximum absolute atomic E-state index is 13.3. The number of nitrogens with zero attached hydrogens (tertiary/aromatic N) is 3. The van der Waals surface area contributed by atoms with Crippen LogP contribution in [-0.2, 0) is 16.4 Å². The molecular formula is C23H26N4O3S2. The maximum atomic E-state index is 13.3. The van der Waals surface area contributed by atoms with Crippen LogP contribution in [0.2, 0.25) is 0 Å². The first-order valence-corrected chi connectivity index (χ1v) is 13.0. The van der Waals surface area contributed by atoms with Gasteiger partial charge in [0, 0.05) is 12.2 Å². The average Bonchev–Trinajstić information content (AvgIpc) is 3.46. The van der Waals surface area contributed by atoms with Gasteiger partial charge in [0.15, 0.2) is 0 Å². The van der Waals surface area contributed by atoms with Gasteiger partial charge in [-0.3, -0.25) is 4.79 Å². The number of sulfonamides is 1. The van der Waals surface area contributed by atoms with E-state index >= 15 is 0 Å². The Kier molecular flexibility index (Phi) is 6.68. The van der Waals surface area contributed by atoms with Gasteiger partial charge in [0.2, 0.25) is 15.0 Å². The van der Waals surface area contributed by atoms with Gasteiger partial charge in [0.05, 0.1) is 10.9 Å². The fraction of sp³-hybridized carbons (Fsp3) is 0.348. The lowest BCUT2D eigenvalue weighted by atomic mass is 10.1. The number of benzene rings is 2. The third-order valence-corrected chi connectivity index (χ3v) is 8.45. The highest BCUT2D eigenvalue weighted by atomic mass is 32.2. The summed E-state index contributed by atoms with van der Waals surface area (Å²) < 4.78 is 28.1. The Morgan fingerprint density at radius 3 is 2.53 bits per heavy atom. The lowest BCUT2D eigenvalue weighted by molar-refractivity contribution is 0.102. The zero-order valence-corrected chi connectivity index (χ0v) is 19.7. The van der Waals surface area contributed by atoms with E-state index in [9.17, 15) is 13.2 Å². The second-order valence-corrected chi connectivity index (χ2v) is 10.8. The number of anilines is 1. The van der Waals surface area contributed by atoms with E-state index in [1.807, 2.05) is 43.3 Å². The summed E-state index contributed by atoms with van der Waals surface area (Å²) in [7, 11) is -3.66. The molecule has 1 unspecified atom stereocenters. The van der Waals surface area contributed by atoms with Gasteiger partial charge in [-0.25, -0.2) is 8.42 Å². The Balaban J connectivity index is 1.51. The fourth-order valence-electron chi connectivity index (χ4n) is 3.81. The molecule has 0 bridgehead atoms. The molecule has 1 fully saturated rings. The number of carbonyl (C=O) groups excluding carboxylic acids is 1. The first-order valence-electron chi connectivity index (χ1n) is 10.7. The Labute approximate surface area is 192 Å². The lowest BCUT2D eigenvalue weighted by Crippen LogP contribution is -2.30. The van der Waals surface area contributed by atoms with Crippen molar-refractivity contribution in [1.82, 2.24) is 14.5 Å². The molecule has 1 aliphatic heterocycles. The molecule has 0 aliphatic carbocycles. The standard InChI is InChI=1S/C23H26N4O3S2/c1-3-5-17-9-13-19(14-10-17)32(29,30)27-15-4-6-20(27)22-25-26-23(31-22)21(28)24-18-11-7-16(2)8-12-18/h7-14,20H,3-6,15H2,1-2H3,(H,24,28). The van der Waals surface area contributed by atoms with Crippen LogP contribution in [0.1, 0.15) is 58.2 Å². The second kappa shape index (κ2) is 9.48. The molecule has 2 heterocycles. The van der Waals surface area contributed by atoms with Crippen LogP contribution in [0.5, 0.6) is 0 Å². The van der Waals surface area contributed by atoms with E-state index in [2.05, 4.69) is 22.4 Å². The molecule has 0 saturated carbocycles. The summed E-state index contributed by atoms with van der Waals surface area (Å²) >= 11 is 1.14. The van der Waals surface area contributed by atoms with Crippen LogP contribution in [-0.4, -0.2) is 35.4 Å². The third-order valence-electron chi connectivity index (χ3n) is 5.50. The molecule has 1 N–H and O–H groups in total. The van der Waals surface area contributed by atoms with Gasteiger partial charge in [0.1, 0.15) is 5.01 Å². The van der Waals surface area contributed by atoms with E-state index in [0.717, 1.165) is 41.7 Å². The second-order valence-electron chi connectivity index (χ2n) is 7.93. The van der Waals surface area contributed by atoms with Gasteiger partial charge in [0.25, 0.3) is 5.91 Å². The van der Waals surface area contributed by atoms with Gasteiger partial charge in [-0.1, -0.05) is 54.5 Å². The van der Waals surface area contributed by atoms with Crippen molar-refractivity contribution in [3.8, 4) is 0 Å². The molecule has 32 heavy (non-hydrogen) atoms. The molecule has 9 heteroatoms. The average molecular weight is 471 g/mol. The number of nitrogens with one attached hydrogen (secondary N) is 1. The molecule has 0 spiro atoms. The lowest BCUT2D eigenvalue weighted by Gasteiger charge is -2.22. The molecule has 1 atom stereocenters. The maximum Gasteiger partial charge on any atom is 0.286 e. The van der Waals surface area contributed by atoms with Crippen LogP contribution < -0.4 is 5.32 Å². The van der Waals surface area contributed by atoms with Crippen LogP contribution in [0, 0.1) is 6.92 Å². The molecule has 0 radical (unpaired) electrons. The van der Waals surface area contributed by atoms with Crippen molar-refractivity contribution in [2.75, 3.05) is 11.9 Å². The van der Waals surface area contributed by atoms with Crippen LogP contribution in [0.25, 0.3) is 0 Å². The van der Waals surface area contributed by atoms with Crippen LogP contribution in [0.3, 0.4) is 0 Å². The number of hydrogen-bond donors (Lipinski definition) is 1. The van der Waals surface area contributed by atoms with Crippen molar-refractivity contribution in [1.29, 1.82) is 0 Å². The number of aryl methyl sites for hydroxylation is 2. The molecule has 7 nitrogen and oxygen atoms in total. The minimum atomic E-state index is -3.66. The molecule has 4 rings (SSSR count). The van der Waals surface area contributed by atoms with Crippen molar-refractivity contribution < 1.29 is 13.2 Å². The minimum absolute atomic E-state index is 0.216. The molecule has 1 aromatic heterocycles. The van der Waals surface area contributed by atoms with Gasteiger partial charge in [-0.2, -0.15) is 4.31 Å². The van der Waals surface area contributed by atoms with Crippen molar-refractivity contribution in [2.45, 2.75) is 50.5 Å². The van der Waals surface area contributed by atoms with Gasteiger partial charge < -0.3 is 5.32 Å². The molecule has 1 amide bonds. The molecule has 3 aromatic rings. The summed E-state index contributed by atoms with van der Waals surface area (Å²) in [6.45, 7) is 4.49. The first kappa shape index (κ1) is 22.6. The van der Waals surface area contributed by atoms with E-state index in [1.54, 1.807) is 12.1 Å². The summed E-state index contributed by atoms with van der Waals surface area (Å²) in [5.41, 5.74) is 2.90. The van der Waals surface area contributed by atoms with E-state index in [-0.39, 0.29) is 15.8 Å². The summed E-state index contributed by atoms with van der Waals surface area (Å²) in [5, 5.41) is 11.8. The van der Waals surface area contributed by atoms with Gasteiger partial charge in [-0.15, -0.1) is 10.2 Å². The van der Waals surface area contributed by atoms with Crippen LogP contribution in [0.4, 0.5) is 5.69 Å². The molecular weight excluding hydrogens is 444 g/mol. The highest BCUT2D eigenvalue weighted by molar-refractivity contribution is 7.89. The SMILES string of the molecule is CCCc1ccc(S(=O)(=O)N2CCCC2c2nnc(C(=O)Nc3ccc(C)cc3)s2)cc1. The predicted molar refractivity (Wildman–Crippen MR) is 125 cm³/mol. The Hall–Kier alpha value is -2.62. The van der Waals surface area contributed by atoms with E-state index < -0.39 is 16.1 Å². The van der Waals surface area contributed by atoms with Gasteiger partial charge in [-0.05, 0) is 56.0 Å². The molecule has 1 saturated heterocycles. The van der Waals surface area contributed by atoms with Crippen molar-refractivity contribution in [2.24, 2.45) is 0 Å². The first-order chi connectivity index (χ1) is 15.4. The van der Waals surface area contributed by atoms with Crippen molar-refractivity contribution in [3.63, 3.8) is 0 Å². The van der Waals surface area contributed by atoms with E-state index in [1.165, 1.54) is 4.31 Å². The summed E-state index contributed by atoms with van der Waals surface area (Å²) in [6.07, 6.45) is 3.33. The van der Waals surface area contributed by atoms with Crippen molar-refractivity contribution in [3.05, 3.63) is 69.7 Å². The van der Waals surface area contributed by atoms with E-state index in [0.29, 0.717) is 23.7 Å². The summed E-state index contributed by atoms with van der Waals surface area (Å²) in [6, 6.07) is 14.2. The highest BCUT2D eigenvalue weighted by Crippen LogP contribution is 2.37. The summed E-state index contributed by atoms with van der Waals surface area (Å²) in [5.74, 6) is -0.350. The molecule has 168 valence electrons. The third kappa shape index (κ3) is 4.74. The zero-order valence-electron chi connectivity index (χ0n) is 18.1. The largest absolute Gasteiger partial charge is 0.320 e. The minimum Gasteiger partial charge on any atom is -0.320 e. The topological polar surface area (TPSA) is 92.3 Å². The van der Waals surface area contributed by atoms with Crippen molar-refractivity contribution >= 4 is 33.0 Å².